The van der Waals surface area contributed by atoms with Crippen molar-refractivity contribution in [2.45, 2.75) is 31.8 Å². The number of carbonyl (C=O) groups is 2. The molecule has 11 heteroatoms. The highest BCUT2D eigenvalue weighted by molar-refractivity contribution is 7.80. The van der Waals surface area contributed by atoms with E-state index < -0.39 is 18.0 Å². The van der Waals surface area contributed by atoms with Crippen LogP contribution in [0.4, 0.5) is 11.4 Å². The number of nitrogens with zero attached hydrogens (tertiary/aromatic N) is 3. The molecule has 220 valence electrons. The Morgan fingerprint density at radius 2 is 1.72 bits per heavy atom. The molecule has 0 radical (unpaired) electrons. The molecule has 2 aliphatic heterocycles. The molecule has 0 amide bonds. The zero-order valence-corrected chi connectivity index (χ0v) is 24.8. The van der Waals surface area contributed by atoms with Gasteiger partial charge in [-0.3, -0.25) is 4.98 Å². The van der Waals surface area contributed by atoms with Gasteiger partial charge in [-0.2, -0.15) is 0 Å². The summed E-state index contributed by atoms with van der Waals surface area (Å²) >= 11 is 12.7. The SMILES string of the molecule is CC1CCN(c2ccc(N3C(=S)N[C@@H](c4ccccn4)[C@H]3c3ccc(-c4cc(C(=O)O)cc(C(=O)O)c4)o3)cc2Cl)CC1. The molecular weight excluding hydrogens is 588 g/mol. The summed E-state index contributed by atoms with van der Waals surface area (Å²) in [6.07, 6.45) is 3.95. The maximum absolute atomic E-state index is 11.7. The predicted octanol–water partition coefficient (Wildman–Crippen LogP) is 6.80. The van der Waals surface area contributed by atoms with Crippen LogP contribution >= 0.6 is 23.8 Å². The highest BCUT2D eigenvalue weighted by Gasteiger charge is 2.43. The van der Waals surface area contributed by atoms with E-state index in [1.807, 2.05) is 41.3 Å². The zero-order chi connectivity index (χ0) is 30.2. The number of halogens is 1. The summed E-state index contributed by atoms with van der Waals surface area (Å²) in [6, 6.07) is 18.1. The van der Waals surface area contributed by atoms with E-state index in [1.165, 1.54) is 12.1 Å². The van der Waals surface area contributed by atoms with Gasteiger partial charge >= 0.3 is 11.9 Å². The van der Waals surface area contributed by atoms with Gasteiger partial charge in [-0.1, -0.05) is 24.6 Å². The number of carboxylic acid groups (broad SMARTS) is 2. The summed E-state index contributed by atoms with van der Waals surface area (Å²) in [5.41, 5.74) is 2.55. The van der Waals surface area contributed by atoms with Crippen molar-refractivity contribution >= 4 is 52.2 Å². The largest absolute Gasteiger partial charge is 0.478 e. The second-order valence-corrected chi connectivity index (χ2v) is 11.7. The van der Waals surface area contributed by atoms with Crippen LogP contribution in [0.2, 0.25) is 5.02 Å². The normalized spacial score (nSPS) is 19.0. The quantitative estimate of drug-likeness (QED) is 0.191. The lowest BCUT2D eigenvalue weighted by Gasteiger charge is -2.33. The summed E-state index contributed by atoms with van der Waals surface area (Å²) in [7, 11) is 0. The molecule has 0 bridgehead atoms. The van der Waals surface area contributed by atoms with Gasteiger partial charge < -0.3 is 29.7 Å². The average molecular weight is 617 g/mol. The first-order valence-corrected chi connectivity index (χ1v) is 14.7. The van der Waals surface area contributed by atoms with E-state index in [9.17, 15) is 19.8 Å². The minimum absolute atomic E-state index is 0.151. The van der Waals surface area contributed by atoms with Gasteiger partial charge in [0.2, 0.25) is 0 Å². The van der Waals surface area contributed by atoms with Crippen LogP contribution < -0.4 is 15.1 Å². The highest BCUT2D eigenvalue weighted by Crippen LogP contribution is 2.44. The maximum atomic E-state index is 11.7. The number of hydrogen-bond donors (Lipinski definition) is 3. The van der Waals surface area contributed by atoms with E-state index in [0.717, 1.165) is 49.1 Å². The Bertz CT molecular complexity index is 1670. The standard InChI is InChI=1S/C32H29ClN4O5S/c1-18-9-12-36(13-10-18)25-6-5-22(17-23(25)33)37-29(28(35-32(37)43)24-4-2-3-11-34-24)27-8-7-26(42-27)19-14-20(30(38)39)16-21(15-19)31(40)41/h2-8,11,14-18,28-29H,9-10,12-13H2,1H3,(H,35,43)(H,38,39)(H,40,41)/t28-,29+/m0/s1. The molecule has 0 saturated carbocycles. The molecule has 6 rings (SSSR count). The van der Waals surface area contributed by atoms with Crippen LogP contribution in [0.25, 0.3) is 11.3 Å². The monoisotopic (exact) mass is 616 g/mol. The van der Waals surface area contributed by atoms with Gasteiger partial charge in [0.1, 0.15) is 17.6 Å². The van der Waals surface area contributed by atoms with E-state index in [0.29, 0.717) is 33.1 Å². The Balaban J connectivity index is 1.40. The Morgan fingerprint density at radius 1 is 1.00 bits per heavy atom. The molecular formula is C32H29ClN4O5S. The number of aromatic carboxylic acids is 2. The molecule has 2 aliphatic rings. The number of furan rings is 1. The van der Waals surface area contributed by atoms with E-state index >= 15 is 0 Å². The first-order chi connectivity index (χ1) is 20.7. The lowest BCUT2D eigenvalue weighted by molar-refractivity contribution is 0.0696. The molecule has 0 spiro atoms. The van der Waals surface area contributed by atoms with Crippen molar-refractivity contribution in [3.8, 4) is 11.3 Å². The molecule has 2 atom stereocenters. The second-order valence-electron chi connectivity index (χ2n) is 10.9. The van der Waals surface area contributed by atoms with Gasteiger partial charge in [0.05, 0.1) is 33.6 Å². The van der Waals surface area contributed by atoms with Gasteiger partial charge in [0, 0.05) is 30.5 Å². The Morgan fingerprint density at radius 3 is 2.35 bits per heavy atom. The van der Waals surface area contributed by atoms with Crippen LogP contribution in [0.15, 0.2) is 77.3 Å². The minimum atomic E-state index is -1.23. The topological polar surface area (TPSA) is 119 Å². The average Bonchev–Trinajstić information content (AvgIpc) is 3.62. The number of anilines is 2. The lowest BCUT2D eigenvalue weighted by atomic mass is 9.98. The van der Waals surface area contributed by atoms with Crippen molar-refractivity contribution in [3.05, 3.63) is 101 Å². The van der Waals surface area contributed by atoms with Crippen molar-refractivity contribution in [1.82, 2.24) is 10.3 Å². The van der Waals surface area contributed by atoms with Crippen molar-refractivity contribution < 1.29 is 24.2 Å². The fourth-order valence-electron chi connectivity index (χ4n) is 5.76. The van der Waals surface area contributed by atoms with Gasteiger partial charge in [-0.25, -0.2) is 9.59 Å². The Kier molecular flexibility index (Phi) is 7.81. The van der Waals surface area contributed by atoms with Crippen LogP contribution in [-0.2, 0) is 0 Å². The molecule has 2 fully saturated rings. The Labute approximate surface area is 258 Å². The third-order valence-electron chi connectivity index (χ3n) is 8.06. The molecule has 2 saturated heterocycles. The zero-order valence-electron chi connectivity index (χ0n) is 23.2. The van der Waals surface area contributed by atoms with Crippen molar-refractivity contribution in [3.63, 3.8) is 0 Å². The minimum Gasteiger partial charge on any atom is -0.478 e. The van der Waals surface area contributed by atoms with Crippen LogP contribution in [0, 0.1) is 5.92 Å². The van der Waals surface area contributed by atoms with E-state index in [4.69, 9.17) is 28.2 Å². The number of carboxylic acids is 2. The predicted molar refractivity (Wildman–Crippen MR) is 168 cm³/mol. The number of pyridine rings is 1. The maximum Gasteiger partial charge on any atom is 0.335 e. The molecule has 0 unspecified atom stereocenters. The third kappa shape index (κ3) is 5.68. The first kappa shape index (κ1) is 28.7. The van der Waals surface area contributed by atoms with Crippen molar-refractivity contribution in [2.75, 3.05) is 22.9 Å². The highest BCUT2D eigenvalue weighted by atomic mass is 35.5. The molecule has 4 aromatic rings. The molecule has 2 aromatic carbocycles. The summed E-state index contributed by atoms with van der Waals surface area (Å²) in [4.78, 5) is 32.2. The summed E-state index contributed by atoms with van der Waals surface area (Å²) in [5.74, 6) is -0.914. The third-order valence-corrected chi connectivity index (χ3v) is 8.68. The lowest BCUT2D eigenvalue weighted by Crippen LogP contribution is -2.33. The molecule has 3 N–H and O–H groups in total. The summed E-state index contributed by atoms with van der Waals surface area (Å²) in [5, 5.41) is 23.6. The van der Waals surface area contributed by atoms with Gasteiger partial charge in [-0.15, -0.1) is 0 Å². The van der Waals surface area contributed by atoms with Crippen LogP contribution in [0.5, 0.6) is 0 Å². The smallest absolute Gasteiger partial charge is 0.335 e. The fraction of sp³-hybridized carbons (Fsp3) is 0.250. The Hall–Kier alpha value is -4.41. The van der Waals surface area contributed by atoms with E-state index in [2.05, 4.69) is 22.1 Å². The molecule has 0 aliphatic carbocycles. The molecule has 2 aromatic heterocycles. The fourth-order valence-corrected chi connectivity index (χ4v) is 6.40. The second kappa shape index (κ2) is 11.7. The number of piperidine rings is 1. The number of nitrogens with one attached hydrogen (secondary N) is 1. The number of thiocarbonyl (C=S) groups is 1. The number of benzene rings is 2. The van der Waals surface area contributed by atoms with Gasteiger partial charge in [-0.05, 0) is 91.6 Å². The van der Waals surface area contributed by atoms with E-state index in [-0.39, 0.29) is 17.2 Å². The van der Waals surface area contributed by atoms with Crippen molar-refractivity contribution in [2.24, 2.45) is 5.92 Å². The van der Waals surface area contributed by atoms with Crippen LogP contribution in [0.3, 0.4) is 0 Å². The molecule has 9 nitrogen and oxygen atoms in total. The van der Waals surface area contributed by atoms with Gasteiger partial charge in [0.15, 0.2) is 5.11 Å². The first-order valence-electron chi connectivity index (χ1n) is 14.0. The van der Waals surface area contributed by atoms with E-state index in [1.54, 1.807) is 18.3 Å². The number of rotatable bonds is 7. The van der Waals surface area contributed by atoms with Crippen LogP contribution in [0.1, 0.15) is 64.0 Å². The van der Waals surface area contributed by atoms with Crippen LogP contribution in [-0.4, -0.2) is 45.3 Å². The summed E-state index contributed by atoms with van der Waals surface area (Å²) in [6.45, 7) is 4.18. The molecule has 43 heavy (non-hydrogen) atoms. The summed E-state index contributed by atoms with van der Waals surface area (Å²) < 4.78 is 6.34. The molecule has 4 heterocycles. The number of aromatic nitrogens is 1. The van der Waals surface area contributed by atoms with Crippen molar-refractivity contribution in [1.29, 1.82) is 0 Å². The van der Waals surface area contributed by atoms with Gasteiger partial charge in [0.25, 0.3) is 0 Å². The number of hydrogen-bond acceptors (Lipinski definition) is 6.